The molecule has 1 fully saturated rings. The van der Waals surface area contributed by atoms with E-state index in [-0.39, 0.29) is 24.3 Å². The lowest BCUT2D eigenvalue weighted by molar-refractivity contribution is -0.123. The molecule has 1 saturated heterocycles. The van der Waals surface area contributed by atoms with Crippen molar-refractivity contribution in [3.63, 3.8) is 0 Å². The van der Waals surface area contributed by atoms with Gasteiger partial charge in [-0.25, -0.2) is 0 Å². The van der Waals surface area contributed by atoms with Crippen LogP contribution in [0.5, 0.6) is 0 Å². The summed E-state index contributed by atoms with van der Waals surface area (Å²) in [7, 11) is 0. The smallest absolute Gasteiger partial charge is 0.149 e. The summed E-state index contributed by atoms with van der Waals surface area (Å²) in [5.74, 6) is 0.891. The first-order valence-corrected chi connectivity index (χ1v) is 5.44. The number of ketones is 1. The first-order chi connectivity index (χ1) is 6.56. The molecule has 1 N–H and O–H groups in total. The molecular weight excluding hydrogens is 178 g/mol. The fourth-order valence-corrected chi connectivity index (χ4v) is 1.96. The molecule has 0 aromatic heterocycles. The van der Waals surface area contributed by atoms with Gasteiger partial charge in [-0.1, -0.05) is 20.8 Å². The van der Waals surface area contributed by atoms with Crippen LogP contribution < -0.4 is 0 Å². The Morgan fingerprint density at radius 3 is 2.71 bits per heavy atom. The van der Waals surface area contributed by atoms with Crippen molar-refractivity contribution in [1.29, 1.82) is 0 Å². The van der Waals surface area contributed by atoms with E-state index in [1.165, 1.54) is 0 Å². The topological polar surface area (TPSA) is 40.5 Å². The molecule has 0 radical (unpaired) electrons. The molecule has 0 spiro atoms. The van der Waals surface area contributed by atoms with E-state index in [9.17, 15) is 9.90 Å². The molecule has 3 nitrogen and oxygen atoms in total. The van der Waals surface area contributed by atoms with Crippen molar-refractivity contribution in [3.8, 4) is 0 Å². The third kappa shape index (κ3) is 2.55. The van der Waals surface area contributed by atoms with Crippen LogP contribution in [0.25, 0.3) is 0 Å². The first-order valence-electron chi connectivity index (χ1n) is 5.44. The third-order valence-electron chi connectivity index (χ3n) is 3.19. The van der Waals surface area contributed by atoms with Gasteiger partial charge in [-0.3, -0.25) is 9.69 Å². The van der Waals surface area contributed by atoms with Gasteiger partial charge in [0.15, 0.2) is 0 Å². The summed E-state index contributed by atoms with van der Waals surface area (Å²) >= 11 is 0. The molecule has 82 valence electrons. The maximum atomic E-state index is 11.5. The molecule has 3 heteroatoms. The van der Waals surface area contributed by atoms with Gasteiger partial charge in [-0.15, -0.1) is 0 Å². The first kappa shape index (κ1) is 11.7. The highest BCUT2D eigenvalue weighted by molar-refractivity contribution is 5.82. The number of aliphatic hydroxyl groups excluding tert-OH is 1. The number of hydrogen-bond acceptors (Lipinski definition) is 3. The molecule has 1 aliphatic heterocycles. The van der Waals surface area contributed by atoms with Gasteiger partial charge in [0.05, 0.1) is 13.2 Å². The summed E-state index contributed by atoms with van der Waals surface area (Å²) in [4.78, 5) is 13.7. The van der Waals surface area contributed by atoms with Crippen LogP contribution >= 0.6 is 0 Å². The van der Waals surface area contributed by atoms with E-state index >= 15 is 0 Å². The second kappa shape index (κ2) is 4.89. The van der Waals surface area contributed by atoms with Crippen molar-refractivity contribution in [2.24, 2.45) is 11.8 Å². The Bertz CT molecular complexity index is 203. The maximum absolute atomic E-state index is 11.5. The number of likely N-dealkylation sites (tertiary alicyclic amines) is 1. The van der Waals surface area contributed by atoms with Crippen LogP contribution in [-0.2, 0) is 4.79 Å². The molecular formula is C11H21NO2. The fraction of sp³-hybridized carbons (Fsp3) is 0.909. The van der Waals surface area contributed by atoms with E-state index in [0.29, 0.717) is 12.5 Å². The third-order valence-corrected chi connectivity index (χ3v) is 3.19. The summed E-state index contributed by atoms with van der Waals surface area (Å²) in [6.45, 7) is 7.62. The molecule has 0 amide bonds. The van der Waals surface area contributed by atoms with E-state index in [1.807, 2.05) is 13.8 Å². The van der Waals surface area contributed by atoms with Gasteiger partial charge >= 0.3 is 0 Å². The highest BCUT2D eigenvalue weighted by atomic mass is 16.3. The quantitative estimate of drug-likeness (QED) is 0.731. The lowest BCUT2D eigenvalue weighted by Crippen LogP contribution is -2.39. The van der Waals surface area contributed by atoms with Crippen molar-refractivity contribution in [3.05, 3.63) is 0 Å². The van der Waals surface area contributed by atoms with Gasteiger partial charge in [0.1, 0.15) is 5.78 Å². The minimum Gasteiger partial charge on any atom is -0.395 e. The Morgan fingerprint density at radius 2 is 2.21 bits per heavy atom. The summed E-state index contributed by atoms with van der Waals surface area (Å²) in [5, 5.41) is 9.21. The largest absolute Gasteiger partial charge is 0.395 e. The van der Waals surface area contributed by atoms with Crippen LogP contribution in [0.4, 0.5) is 0 Å². The van der Waals surface area contributed by atoms with Crippen LogP contribution in [0.1, 0.15) is 27.2 Å². The summed E-state index contributed by atoms with van der Waals surface area (Å²) < 4.78 is 0. The highest BCUT2D eigenvalue weighted by Gasteiger charge is 2.31. The van der Waals surface area contributed by atoms with E-state index in [4.69, 9.17) is 0 Å². The Labute approximate surface area is 86.1 Å². The van der Waals surface area contributed by atoms with Crippen molar-refractivity contribution in [2.75, 3.05) is 19.7 Å². The van der Waals surface area contributed by atoms with E-state index in [1.54, 1.807) is 0 Å². The van der Waals surface area contributed by atoms with Crippen molar-refractivity contribution in [2.45, 2.75) is 33.2 Å². The average Bonchev–Trinajstić information content (AvgIpc) is 2.46. The molecule has 1 heterocycles. The Kier molecular flexibility index (Phi) is 4.08. The standard InChI is InChI=1S/C11H21NO2/c1-8(2)11(14)6-12-5-4-9(3)10(12)7-13/h8-10,13H,4-7H2,1-3H3. The van der Waals surface area contributed by atoms with Crippen LogP contribution in [0.2, 0.25) is 0 Å². The van der Waals surface area contributed by atoms with Crippen LogP contribution in [0, 0.1) is 11.8 Å². The summed E-state index contributed by atoms with van der Waals surface area (Å²) in [6, 6.07) is 0.192. The summed E-state index contributed by atoms with van der Waals surface area (Å²) in [6.07, 6.45) is 1.09. The Hall–Kier alpha value is -0.410. The van der Waals surface area contributed by atoms with Gasteiger partial charge < -0.3 is 5.11 Å². The Morgan fingerprint density at radius 1 is 1.57 bits per heavy atom. The van der Waals surface area contributed by atoms with Gasteiger partial charge in [0.25, 0.3) is 0 Å². The number of carbonyl (C=O) groups excluding carboxylic acids is 1. The normalized spacial score (nSPS) is 28.6. The zero-order valence-corrected chi connectivity index (χ0v) is 9.36. The van der Waals surface area contributed by atoms with E-state index in [2.05, 4.69) is 11.8 Å². The van der Waals surface area contributed by atoms with Crippen molar-refractivity contribution < 1.29 is 9.90 Å². The number of nitrogens with zero attached hydrogens (tertiary/aromatic N) is 1. The second-order valence-corrected chi connectivity index (χ2v) is 4.61. The lowest BCUT2D eigenvalue weighted by Gasteiger charge is -2.24. The number of carbonyl (C=O) groups is 1. The highest BCUT2D eigenvalue weighted by Crippen LogP contribution is 2.23. The second-order valence-electron chi connectivity index (χ2n) is 4.61. The van der Waals surface area contributed by atoms with Crippen molar-refractivity contribution in [1.82, 2.24) is 4.90 Å². The molecule has 0 aromatic carbocycles. The molecule has 1 rings (SSSR count). The van der Waals surface area contributed by atoms with Crippen LogP contribution in [-0.4, -0.2) is 41.5 Å². The van der Waals surface area contributed by atoms with Gasteiger partial charge in [0, 0.05) is 12.0 Å². The number of aliphatic hydroxyl groups is 1. The van der Waals surface area contributed by atoms with Gasteiger partial charge in [-0.2, -0.15) is 0 Å². The van der Waals surface area contributed by atoms with Gasteiger partial charge in [0.2, 0.25) is 0 Å². The zero-order valence-electron chi connectivity index (χ0n) is 9.36. The van der Waals surface area contributed by atoms with Crippen LogP contribution in [0.3, 0.4) is 0 Å². The lowest BCUT2D eigenvalue weighted by atomic mass is 10.0. The molecule has 0 aromatic rings. The van der Waals surface area contributed by atoms with Crippen molar-refractivity contribution >= 4 is 5.78 Å². The SMILES string of the molecule is CC(C)C(=O)CN1CCC(C)C1CO. The number of hydrogen-bond donors (Lipinski definition) is 1. The minimum absolute atomic E-state index is 0.102. The van der Waals surface area contributed by atoms with E-state index < -0.39 is 0 Å². The number of Topliss-reactive ketones (excluding diaryl/α,β-unsaturated/α-hetero) is 1. The molecule has 0 saturated carbocycles. The average molecular weight is 199 g/mol. The maximum Gasteiger partial charge on any atom is 0.149 e. The monoisotopic (exact) mass is 199 g/mol. The van der Waals surface area contributed by atoms with Gasteiger partial charge in [-0.05, 0) is 18.9 Å². The molecule has 2 atom stereocenters. The zero-order chi connectivity index (χ0) is 10.7. The minimum atomic E-state index is 0.102. The number of rotatable bonds is 4. The predicted octanol–water partition coefficient (Wildman–Crippen LogP) is 0.914. The molecule has 0 aliphatic carbocycles. The van der Waals surface area contributed by atoms with E-state index in [0.717, 1.165) is 13.0 Å². The molecule has 14 heavy (non-hydrogen) atoms. The predicted molar refractivity (Wildman–Crippen MR) is 56.1 cm³/mol. The van der Waals surface area contributed by atoms with Crippen LogP contribution in [0.15, 0.2) is 0 Å². The fourth-order valence-electron chi connectivity index (χ4n) is 1.96. The Balaban J connectivity index is 2.48. The summed E-state index contributed by atoms with van der Waals surface area (Å²) in [5.41, 5.74) is 0. The molecule has 1 aliphatic rings. The molecule has 0 bridgehead atoms. The molecule has 2 unspecified atom stereocenters.